The zero-order chi connectivity index (χ0) is 14.7. The number of nitrogens with zero attached hydrogens (tertiary/aromatic N) is 2. The molecule has 1 aliphatic rings. The number of benzene rings is 1. The standard InChI is InChI=1S/C13H14BrClN2O3/c14-8-9-1-3-16(4-2-9)13(18)10-5-11(15)7-12(6-10)17(19)20/h5-7,9H,1-4,8H2. The van der Waals surface area contributed by atoms with Crippen molar-refractivity contribution in [1.29, 1.82) is 0 Å². The third-order valence-electron chi connectivity index (χ3n) is 3.46. The lowest BCUT2D eigenvalue weighted by Gasteiger charge is -2.31. The van der Waals surface area contributed by atoms with E-state index >= 15 is 0 Å². The van der Waals surface area contributed by atoms with Gasteiger partial charge in [-0.1, -0.05) is 27.5 Å². The lowest BCUT2D eigenvalue weighted by Crippen LogP contribution is -2.38. The molecule has 0 N–H and O–H groups in total. The van der Waals surface area contributed by atoms with E-state index in [0.29, 0.717) is 19.0 Å². The molecule has 0 radical (unpaired) electrons. The van der Waals surface area contributed by atoms with E-state index in [-0.39, 0.29) is 22.2 Å². The predicted octanol–water partition coefficient (Wildman–Crippen LogP) is 3.50. The van der Waals surface area contributed by atoms with Crippen molar-refractivity contribution < 1.29 is 9.72 Å². The second-order valence-corrected chi connectivity index (χ2v) is 5.93. The van der Waals surface area contributed by atoms with Crippen molar-refractivity contribution in [2.45, 2.75) is 12.8 Å². The van der Waals surface area contributed by atoms with Crippen LogP contribution in [-0.2, 0) is 0 Å². The van der Waals surface area contributed by atoms with Gasteiger partial charge < -0.3 is 4.90 Å². The Balaban J connectivity index is 2.15. The van der Waals surface area contributed by atoms with Crippen LogP contribution >= 0.6 is 27.5 Å². The highest BCUT2D eigenvalue weighted by molar-refractivity contribution is 9.09. The minimum absolute atomic E-state index is 0.156. The summed E-state index contributed by atoms with van der Waals surface area (Å²) in [5, 5.41) is 12.0. The number of carbonyl (C=O) groups excluding carboxylic acids is 1. The number of hydrogen-bond donors (Lipinski definition) is 0. The van der Waals surface area contributed by atoms with Crippen LogP contribution in [0, 0.1) is 16.0 Å². The van der Waals surface area contributed by atoms with Crippen LogP contribution in [0.4, 0.5) is 5.69 Å². The number of non-ortho nitro benzene ring substituents is 1. The largest absolute Gasteiger partial charge is 0.339 e. The molecule has 1 amide bonds. The number of piperidine rings is 1. The van der Waals surface area contributed by atoms with E-state index in [0.717, 1.165) is 18.2 Å². The molecule has 1 heterocycles. The fourth-order valence-corrected chi connectivity index (χ4v) is 3.15. The minimum atomic E-state index is -0.542. The number of nitro benzene ring substituents is 1. The molecule has 20 heavy (non-hydrogen) atoms. The number of amides is 1. The average Bonchev–Trinajstić information content (AvgIpc) is 2.46. The van der Waals surface area contributed by atoms with E-state index in [4.69, 9.17) is 11.6 Å². The fraction of sp³-hybridized carbons (Fsp3) is 0.462. The van der Waals surface area contributed by atoms with Gasteiger partial charge in [0, 0.05) is 41.1 Å². The summed E-state index contributed by atoms with van der Waals surface area (Å²) in [5.74, 6) is 0.399. The number of rotatable bonds is 3. The van der Waals surface area contributed by atoms with Gasteiger partial charge in [0.05, 0.1) is 4.92 Å². The van der Waals surface area contributed by atoms with E-state index in [1.54, 1.807) is 4.90 Å². The lowest BCUT2D eigenvalue weighted by atomic mass is 9.98. The molecular weight excluding hydrogens is 348 g/mol. The van der Waals surface area contributed by atoms with Gasteiger partial charge in [0.25, 0.3) is 11.6 Å². The maximum atomic E-state index is 12.4. The van der Waals surface area contributed by atoms with Gasteiger partial charge in [0.15, 0.2) is 0 Å². The van der Waals surface area contributed by atoms with Gasteiger partial charge in [-0.25, -0.2) is 0 Å². The van der Waals surface area contributed by atoms with Crippen LogP contribution in [0.3, 0.4) is 0 Å². The number of halogens is 2. The third kappa shape index (κ3) is 3.49. The fourth-order valence-electron chi connectivity index (χ4n) is 2.28. The number of likely N-dealkylation sites (tertiary alicyclic amines) is 1. The van der Waals surface area contributed by atoms with Gasteiger partial charge in [0.2, 0.25) is 0 Å². The Bertz CT molecular complexity index is 530. The Kier molecular flexibility index (Phi) is 4.99. The molecule has 5 nitrogen and oxygen atoms in total. The predicted molar refractivity (Wildman–Crippen MR) is 80.5 cm³/mol. The molecule has 1 aliphatic heterocycles. The van der Waals surface area contributed by atoms with Gasteiger partial charge in [-0.15, -0.1) is 0 Å². The Morgan fingerprint density at radius 2 is 2.05 bits per heavy atom. The molecule has 0 saturated carbocycles. The van der Waals surface area contributed by atoms with Crippen LogP contribution in [0.15, 0.2) is 18.2 Å². The van der Waals surface area contributed by atoms with Gasteiger partial charge >= 0.3 is 0 Å². The van der Waals surface area contributed by atoms with Crippen LogP contribution in [-0.4, -0.2) is 34.2 Å². The smallest absolute Gasteiger partial charge is 0.271 e. The van der Waals surface area contributed by atoms with Crippen LogP contribution in [0.5, 0.6) is 0 Å². The Labute approximate surface area is 130 Å². The highest BCUT2D eigenvalue weighted by Gasteiger charge is 2.24. The highest BCUT2D eigenvalue weighted by atomic mass is 79.9. The molecule has 0 atom stereocenters. The van der Waals surface area contributed by atoms with Crippen molar-refractivity contribution in [3.05, 3.63) is 38.9 Å². The van der Waals surface area contributed by atoms with Gasteiger partial charge in [0.1, 0.15) is 0 Å². The van der Waals surface area contributed by atoms with Crippen LogP contribution in [0.1, 0.15) is 23.2 Å². The lowest BCUT2D eigenvalue weighted by molar-refractivity contribution is -0.384. The number of nitro groups is 1. The molecule has 0 unspecified atom stereocenters. The number of alkyl halides is 1. The Hall–Kier alpha value is -1.14. The van der Waals surface area contributed by atoms with Crippen molar-refractivity contribution in [3.63, 3.8) is 0 Å². The molecule has 1 fully saturated rings. The quantitative estimate of drug-likeness (QED) is 0.470. The minimum Gasteiger partial charge on any atom is -0.339 e. The molecule has 0 aliphatic carbocycles. The summed E-state index contributed by atoms with van der Waals surface area (Å²) in [5.41, 5.74) is 0.123. The zero-order valence-corrected chi connectivity index (χ0v) is 13.1. The van der Waals surface area contributed by atoms with Crippen LogP contribution in [0.2, 0.25) is 5.02 Å². The Morgan fingerprint density at radius 1 is 1.40 bits per heavy atom. The summed E-state index contributed by atoms with van der Waals surface area (Å²) in [7, 11) is 0. The molecule has 7 heteroatoms. The summed E-state index contributed by atoms with van der Waals surface area (Å²) < 4.78 is 0. The highest BCUT2D eigenvalue weighted by Crippen LogP contribution is 2.24. The molecule has 1 aromatic rings. The van der Waals surface area contributed by atoms with Crippen LogP contribution < -0.4 is 0 Å². The van der Waals surface area contributed by atoms with Crippen molar-refractivity contribution in [2.24, 2.45) is 5.92 Å². The molecule has 0 bridgehead atoms. The van der Waals surface area contributed by atoms with E-state index in [1.165, 1.54) is 18.2 Å². The molecule has 1 aromatic carbocycles. The molecule has 108 valence electrons. The van der Waals surface area contributed by atoms with E-state index in [2.05, 4.69) is 15.9 Å². The van der Waals surface area contributed by atoms with Gasteiger partial charge in [-0.3, -0.25) is 14.9 Å². The van der Waals surface area contributed by atoms with Crippen molar-refractivity contribution in [1.82, 2.24) is 4.90 Å². The van der Waals surface area contributed by atoms with E-state index in [9.17, 15) is 14.9 Å². The summed E-state index contributed by atoms with van der Waals surface area (Å²) in [6.45, 7) is 1.35. The topological polar surface area (TPSA) is 63.4 Å². The first-order valence-electron chi connectivity index (χ1n) is 6.31. The zero-order valence-electron chi connectivity index (χ0n) is 10.7. The first-order chi connectivity index (χ1) is 9.51. The second kappa shape index (κ2) is 6.54. The number of hydrogen-bond acceptors (Lipinski definition) is 3. The normalized spacial score (nSPS) is 16.2. The SMILES string of the molecule is O=C(c1cc(Cl)cc([N+](=O)[O-])c1)N1CCC(CBr)CC1. The second-order valence-electron chi connectivity index (χ2n) is 4.85. The summed E-state index contributed by atoms with van der Waals surface area (Å²) in [6.07, 6.45) is 1.89. The third-order valence-corrected chi connectivity index (χ3v) is 4.59. The van der Waals surface area contributed by atoms with E-state index in [1.807, 2.05) is 0 Å². The van der Waals surface area contributed by atoms with E-state index < -0.39 is 4.92 Å². The summed E-state index contributed by atoms with van der Waals surface area (Å²) in [4.78, 5) is 24.3. The summed E-state index contributed by atoms with van der Waals surface area (Å²) in [6, 6.07) is 4.01. The average molecular weight is 362 g/mol. The molecular formula is C13H14BrClN2O3. The maximum absolute atomic E-state index is 12.4. The van der Waals surface area contributed by atoms with Crippen molar-refractivity contribution >= 4 is 39.1 Å². The first-order valence-corrected chi connectivity index (χ1v) is 7.81. The summed E-state index contributed by atoms with van der Waals surface area (Å²) >= 11 is 9.29. The van der Waals surface area contributed by atoms with Gasteiger partial charge in [-0.05, 0) is 24.8 Å². The number of carbonyl (C=O) groups is 1. The Morgan fingerprint density at radius 3 is 2.60 bits per heavy atom. The molecule has 2 rings (SSSR count). The molecule has 0 aromatic heterocycles. The first kappa shape index (κ1) is 15.3. The van der Waals surface area contributed by atoms with Crippen LogP contribution in [0.25, 0.3) is 0 Å². The monoisotopic (exact) mass is 360 g/mol. The van der Waals surface area contributed by atoms with Gasteiger partial charge in [-0.2, -0.15) is 0 Å². The van der Waals surface area contributed by atoms with Crippen molar-refractivity contribution in [2.75, 3.05) is 18.4 Å². The van der Waals surface area contributed by atoms with Crippen molar-refractivity contribution in [3.8, 4) is 0 Å². The molecule has 0 spiro atoms. The molecule has 1 saturated heterocycles. The maximum Gasteiger partial charge on any atom is 0.271 e.